The summed E-state index contributed by atoms with van der Waals surface area (Å²) in [5, 5.41) is 0.633. The molecule has 0 aromatic heterocycles. The zero-order chi connectivity index (χ0) is 15.1. The summed E-state index contributed by atoms with van der Waals surface area (Å²) in [6.07, 6.45) is 0.997. The molecule has 0 heterocycles. The number of benzene rings is 1. The van der Waals surface area contributed by atoms with Gasteiger partial charge in [0.2, 0.25) is 0 Å². The third-order valence-electron chi connectivity index (χ3n) is 3.16. The number of aliphatic imine (C=N–C) groups is 1. The lowest BCUT2D eigenvalue weighted by Crippen LogP contribution is -2.11. The van der Waals surface area contributed by atoms with E-state index < -0.39 is 0 Å². The van der Waals surface area contributed by atoms with Crippen LogP contribution in [0.4, 0.5) is 0 Å². The number of methoxy groups -OCH3 is 2. The molecule has 0 aliphatic carbocycles. The molecule has 0 radical (unpaired) electrons. The second-order valence-electron chi connectivity index (χ2n) is 4.65. The summed E-state index contributed by atoms with van der Waals surface area (Å²) in [4.78, 5) is 4.42. The molecule has 0 spiro atoms. The van der Waals surface area contributed by atoms with Gasteiger partial charge < -0.3 is 15.2 Å². The van der Waals surface area contributed by atoms with Gasteiger partial charge in [-0.3, -0.25) is 4.99 Å². The van der Waals surface area contributed by atoms with Gasteiger partial charge in [-0.05, 0) is 43.5 Å². The summed E-state index contributed by atoms with van der Waals surface area (Å²) >= 11 is 1.55. The van der Waals surface area contributed by atoms with Crippen molar-refractivity contribution < 1.29 is 9.47 Å². The molecular formula is C15H24N2O2S. The van der Waals surface area contributed by atoms with Crippen LogP contribution in [0.3, 0.4) is 0 Å². The molecule has 1 rings (SSSR count). The van der Waals surface area contributed by atoms with Crippen molar-refractivity contribution in [2.45, 2.75) is 39.0 Å². The summed E-state index contributed by atoms with van der Waals surface area (Å²) in [6.45, 7) is 6.22. The van der Waals surface area contributed by atoms with E-state index in [1.165, 1.54) is 5.56 Å². The fourth-order valence-corrected chi connectivity index (χ4v) is 2.54. The van der Waals surface area contributed by atoms with Gasteiger partial charge in [0.1, 0.15) is 0 Å². The lowest BCUT2D eigenvalue weighted by Gasteiger charge is -2.12. The minimum Gasteiger partial charge on any atom is -0.493 e. The number of nitrogens with zero attached hydrogens (tertiary/aromatic N) is 1. The van der Waals surface area contributed by atoms with Gasteiger partial charge in [0.15, 0.2) is 16.7 Å². The quantitative estimate of drug-likeness (QED) is 0.646. The first kappa shape index (κ1) is 16.7. The van der Waals surface area contributed by atoms with Crippen molar-refractivity contribution in [2.24, 2.45) is 10.7 Å². The van der Waals surface area contributed by atoms with Gasteiger partial charge in [0.05, 0.1) is 14.2 Å². The van der Waals surface area contributed by atoms with Crippen molar-refractivity contribution >= 4 is 16.9 Å². The van der Waals surface area contributed by atoms with E-state index in [-0.39, 0.29) is 6.04 Å². The minimum atomic E-state index is 0.272. The van der Waals surface area contributed by atoms with Crippen LogP contribution >= 0.6 is 11.8 Å². The van der Waals surface area contributed by atoms with E-state index in [1.54, 1.807) is 26.0 Å². The normalized spacial score (nSPS) is 13.2. The molecule has 0 saturated heterocycles. The Balaban J connectivity index is 2.80. The fourth-order valence-electron chi connectivity index (χ4n) is 1.68. The van der Waals surface area contributed by atoms with Crippen molar-refractivity contribution in [1.82, 2.24) is 0 Å². The lowest BCUT2D eigenvalue weighted by molar-refractivity contribution is 0.354. The van der Waals surface area contributed by atoms with Crippen molar-refractivity contribution in [1.29, 1.82) is 0 Å². The number of nitrogens with two attached hydrogens (primary N) is 1. The van der Waals surface area contributed by atoms with Gasteiger partial charge in [0.25, 0.3) is 0 Å². The van der Waals surface area contributed by atoms with Crippen LogP contribution in [-0.4, -0.2) is 25.4 Å². The van der Waals surface area contributed by atoms with Crippen LogP contribution in [0.1, 0.15) is 31.4 Å². The standard InChI is InChI=1S/C15H24N2O2S/c1-6-11(3)17-15(16)20-9-12-8-14(19-5)13(18-4)7-10(12)2/h7-8,11H,6,9H2,1-5H3,(H2,16,17)/t11-/m1/s1. The molecule has 0 aliphatic rings. The number of thioether (sulfide) groups is 1. The summed E-state index contributed by atoms with van der Waals surface area (Å²) in [5.74, 6) is 2.27. The second-order valence-corrected chi connectivity index (χ2v) is 5.64. The number of hydrogen-bond acceptors (Lipinski definition) is 4. The maximum Gasteiger partial charge on any atom is 0.161 e. The highest BCUT2D eigenvalue weighted by molar-refractivity contribution is 8.13. The largest absolute Gasteiger partial charge is 0.493 e. The van der Waals surface area contributed by atoms with Crippen molar-refractivity contribution in [3.05, 3.63) is 23.3 Å². The predicted molar refractivity (Wildman–Crippen MR) is 87.0 cm³/mol. The smallest absolute Gasteiger partial charge is 0.161 e. The molecule has 5 heteroatoms. The van der Waals surface area contributed by atoms with E-state index in [4.69, 9.17) is 15.2 Å². The van der Waals surface area contributed by atoms with Gasteiger partial charge in [-0.15, -0.1) is 0 Å². The van der Waals surface area contributed by atoms with Gasteiger partial charge >= 0.3 is 0 Å². The van der Waals surface area contributed by atoms with Crippen LogP contribution in [0, 0.1) is 6.92 Å². The molecule has 112 valence electrons. The van der Waals surface area contributed by atoms with Gasteiger partial charge in [-0.2, -0.15) is 0 Å². The Bertz CT molecular complexity index is 475. The predicted octanol–water partition coefficient (Wildman–Crippen LogP) is 3.36. The summed E-state index contributed by atoms with van der Waals surface area (Å²) < 4.78 is 10.6. The Hall–Kier alpha value is -1.36. The van der Waals surface area contributed by atoms with Gasteiger partial charge in [-0.1, -0.05) is 18.7 Å². The zero-order valence-corrected chi connectivity index (χ0v) is 13.7. The molecule has 1 aromatic rings. The summed E-state index contributed by atoms with van der Waals surface area (Å²) in [7, 11) is 3.28. The third kappa shape index (κ3) is 4.63. The first-order valence-electron chi connectivity index (χ1n) is 6.69. The van der Waals surface area contributed by atoms with Crippen molar-refractivity contribution in [2.75, 3.05) is 14.2 Å². The molecule has 0 saturated carbocycles. The van der Waals surface area contributed by atoms with Gasteiger partial charge in [-0.25, -0.2) is 0 Å². The number of hydrogen-bond donors (Lipinski definition) is 1. The SMILES string of the molecule is CC[C@@H](C)N=C(N)SCc1cc(OC)c(OC)cc1C. The Morgan fingerprint density at radius 3 is 2.45 bits per heavy atom. The van der Waals surface area contributed by atoms with E-state index >= 15 is 0 Å². The van der Waals surface area contributed by atoms with Crippen LogP contribution in [0.2, 0.25) is 0 Å². The first-order valence-corrected chi connectivity index (χ1v) is 7.67. The Labute approximate surface area is 125 Å². The minimum absolute atomic E-state index is 0.272. The van der Waals surface area contributed by atoms with Crippen LogP contribution in [0.25, 0.3) is 0 Å². The highest BCUT2D eigenvalue weighted by Crippen LogP contribution is 2.31. The zero-order valence-electron chi connectivity index (χ0n) is 12.9. The Morgan fingerprint density at radius 2 is 1.90 bits per heavy atom. The molecule has 0 bridgehead atoms. The van der Waals surface area contributed by atoms with Crippen LogP contribution < -0.4 is 15.2 Å². The molecule has 0 amide bonds. The molecular weight excluding hydrogens is 272 g/mol. The monoisotopic (exact) mass is 296 g/mol. The molecule has 0 unspecified atom stereocenters. The van der Waals surface area contributed by atoms with Crippen LogP contribution in [0.15, 0.2) is 17.1 Å². The average molecular weight is 296 g/mol. The molecule has 1 aromatic carbocycles. The number of aryl methyl sites for hydroxylation is 1. The molecule has 1 atom stereocenters. The number of rotatable bonds is 6. The number of amidine groups is 1. The summed E-state index contributed by atoms with van der Waals surface area (Å²) in [5.41, 5.74) is 8.27. The van der Waals surface area contributed by atoms with Crippen LogP contribution in [0.5, 0.6) is 11.5 Å². The Kier molecular flexibility index (Phi) is 6.71. The van der Waals surface area contributed by atoms with Gasteiger partial charge in [0, 0.05) is 11.8 Å². The maximum atomic E-state index is 5.93. The van der Waals surface area contributed by atoms with E-state index in [1.807, 2.05) is 12.1 Å². The lowest BCUT2D eigenvalue weighted by atomic mass is 10.1. The van der Waals surface area contributed by atoms with Crippen molar-refractivity contribution in [3.63, 3.8) is 0 Å². The molecule has 20 heavy (non-hydrogen) atoms. The highest BCUT2D eigenvalue weighted by Gasteiger charge is 2.09. The Morgan fingerprint density at radius 1 is 1.30 bits per heavy atom. The van der Waals surface area contributed by atoms with E-state index in [9.17, 15) is 0 Å². The third-order valence-corrected chi connectivity index (χ3v) is 4.01. The average Bonchev–Trinajstić information content (AvgIpc) is 2.45. The molecule has 4 nitrogen and oxygen atoms in total. The van der Waals surface area contributed by atoms with Crippen molar-refractivity contribution in [3.8, 4) is 11.5 Å². The van der Waals surface area contributed by atoms with E-state index in [2.05, 4.69) is 25.8 Å². The highest BCUT2D eigenvalue weighted by atomic mass is 32.2. The fraction of sp³-hybridized carbons (Fsp3) is 0.533. The van der Waals surface area contributed by atoms with E-state index in [0.717, 1.165) is 29.2 Å². The molecule has 0 fully saturated rings. The topological polar surface area (TPSA) is 56.8 Å². The molecule has 0 aliphatic heterocycles. The summed E-state index contributed by atoms with van der Waals surface area (Å²) in [6, 6.07) is 4.25. The first-order chi connectivity index (χ1) is 9.51. The molecule has 2 N–H and O–H groups in total. The van der Waals surface area contributed by atoms with E-state index in [0.29, 0.717) is 5.17 Å². The number of ether oxygens (including phenoxy) is 2. The maximum absolute atomic E-state index is 5.93. The van der Waals surface area contributed by atoms with Crippen LogP contribution in [-0.2, 0) is 5.75 Å². The second kappa shape index (κ2) is 8.04.